The Morgan fingerprint density at radius 2 is 1.50 bits per heavy atom. The lowest BCUT2D eigenvalue weighted by molar-refractivity contribution is -0.167. The number of rotatable bonds is 9. The normalized spacial score (nSPS) is 21.1. The van der Waals surface area contributed by atoms with Gasteiger partial charge >= 0.3 is 0 Å². The Hall–Kier alpha value is -4.21. The second-order valence-electron chi connectivity index (χ2n) is 12.9. The van der Waals surface area contributed by atoms with Gasteiger partial charge in [0.2, 0.25) is 11.8 Å². The fraction of sp³-hybridized carbons (Fsp3) is 0.432. The maximum atomic E-state index is 14.1. The molecule has 3 N–H and O–H groups in total. The molecule has 0 unspecified atom stereocenters. The third-order valence-corrected chi connectivity index (χ3v) is 10.0. The van der Waals surface area contributed by atoms with E-state index in [2.05, 4.69) is 15.5 Å². The molecule has 0 radical (unpaired) electrons. The highest BCUT2D eigenvalue weighted by Gasteiger charge is 2.55. The summed E-state index contributed by atoms with van der Waals surface area (Å²) in [6, 6.07) is 23.9. The molecule has 3 aromatic carbocycles. The third-order valence-electron chi connectivity index (χ3n) is 10.0. The minimum atomic E-state index is -0.947. The molecule has 0 bridgehead atoms. The molecule has 2 aliphatic heterocycles. The minimum absolute atomic E-state index is 0.0313. The molecular weight excluding hydrogens is 580 g/mol. The van der Waals surface area contributed by atoms with E-state index in [9.17, 15) is 19.5 Å². The van der Waals surface area contributed by atoms with E-state index in [0.717, 1.165) is 43.2 Å². The highest BCUT2D eigenvalue weighted by Crippen LogP contribution is 2.37. The average molecular weight is 625 g/mol. The molecule has 3 aliphatic rings. The quantitative estimate of drug-likeness (QED) is 0.320. The van der Waals surface area contributed by atoms with Gasteiger partial charge in [-0.25, -0.2) is 0 Å². The summed E-state index contributed by atoms with van der Waals surface area (Å²) >= 11 is 0. The lowest BCUT2D eigenvalue weighted by Gasteiger charge is -2.52. The Bertz CT molecular complexity index is 1500. The number of aliphatic hydroxyl groups is 1. The first-order chi connectivity index (χ1) is 22.4. The van der Waals surface area contributed by atoms with Gasteiger partial charge in [0, 0.05) is 38.8 Å². The van der Waals surface area contributed by atoms with E-state index in [-0.39, 0.29) is 23.6 Å². The zero-order valence-electron chi connectivity index (χ0n) is 26.5. The van der Waals surface area contributed by atoms with Crippen molar-refractivity contribution in [3.8, 4) is 11.5 Å². The van der Waals surface area contributed by atoms with Gasteiger partial charge in [0.15, 0.2) is 0 Å². The molecule has 3 amide bonds. The largest absolute Gasteiger partial charge is 0.457 e. The Morgan fingerprint density at radius 1 is 0.891 bits per heavy atom. The van der Waals surface area contributed by atoms with E-state index in [1.54, 1.807) is 36.2 Å². The Labute approximate surface area is 270 Å². The van der Waals surface area contributed by atoms with Crippen molar-refractivity contribution >= 4 is 17.7 Å². The van der Waals surface area contributed by atoms with Gasteiger partial charge in [-0.1, -0.05) is 61.7 Å². The zero-order chi connectivity index (χ0) is 32.1. The molecule has 2 saturated heterocycles. The van der Waals surface area contributed by atoms with Gasteiger partial charge in [-0.2, -0.15) is 0 Å². The fourth-order valence-electron chi connectivity index (χ4n) is 7.27. The average Bonchev–Trinajstić information content (AvgIpc) is 3.10. The Morgan fingerprint density at radius 3 is 2.13 bits per heavy atom. The van der Waals surface area contributed by atoms with Crippen LogP contribution in [-0.2, 0) is 22.7 Å². The summed E-state index contributed by atoms with van der Waals surface area (Å²) in [5.41, 5.74) is 1.72. The molecule has 46 heavy (non-hydrogen) atoms. The van der Waals surface area contributed by atoms with Crippen LogP contribution in [0.25, 0.3) is 0 Å². The predicted octanol–water partition coefficient (Wildman–Crippen LogP) is 4.64. The molecule has 6 rings (SSSR count). The topological polar surface area (TPSA) is 111 Å². The van der Waals surface area contributed by atoms with E-state index >= 15 is 0 Å². The minimum Gasteiger partial charge on any atom is -0.457 e. The van der Waals surface area contributed by atoms with Crippen LogP contribution in [0.4, 0.5) is 0 Å². The summed E-state index contributed by atoms with van der Waals surface area (Å²) in [5.74, 6) is 0.922. The number of piperazine rings is 1. The van der Waals surface area contributed by atoms with Crippen LogP contribution in [0.3, 0.4) is 0 Å². The maximum Gasteiger partial charge on any atom is 0.251 e. The van der Waals surface area contributed by atoms with Gasteiger partial charge in [0.25, 0.3) is 5.91 Å². The van der Waals surface area contributed by atoms with Gasteiger partial charge in [-0.3, -0.25) is 19.3 Å². The molecule has 2 heterocycles. The molecule has 242 valence electrons. The van der Waals surface area contributed by atoms with Gasteiger partial charge in [0.1, 0.15) is 23.1 Å². The number of hydrogen-bond acceptors (Lipinski definition) is 6. The number of benzene rings is 3. The number of carbonyl (C=O) groups is 3. The van der Waals surface area contributed by atoms with Crippen LogP contribution < -0.4 is 15.4 Å². The molecule has 3 aromatic rings. The van der Waals surface area contributed by atoms with Crippen molar-refractivity contribution < 1.29 is 24.2 Å². The summed E-state index contributed by atoms with van der Waals surface area (Å²) in [7, 11) is 1.60. The molecule has 1 saturated carbocycles. The lowest BCUT2D eigenvalue weighted by atomic mass is 9.77. The Kier molecular flexibility index (Phi) is 9.70. The van der Waals surface area contributed by atoms with Crippen molar-refractivity contribution in [3.63, 3.8) is 0 Å². The smallest absolute Gasteiger partial charge is 0.251 e. The highest BCUT2D eigenvalue weighted by molar-refractivity contribution is 6.00. The molecule has 9 nitrogen and oxygen atoms in total. The first-order valence-electron chi connectivity index (χ1n) is 16.5. The molecule has 3 fully saturated rings. The zero-order valence-corrected chi connectivity index (χ0v) is 26.5. The molecule has 0 aromatic heterocycles. The second-order valence-corrected chi connectivity index (χ2v) is 12.9. The van der Waals surface area contributed by atoms with Gasteiger partial charge < -0.3 is 25.4 Å². The molecular formula is C37H44N4O5. The number of carbonyl (C=O) groups excluding carboxylic acids is 3. The standard InChI is InChI=1S/C37H44N4O5/c1-38-34(43)29-14-18-31(19-15-29)46-30-16-12-27(13-17-30)24-40-22-20-37(21-23-40)36(45)39-32(33(42)28-10-6-3-7-11-28)35(44)41(37)25-26-8-4-2-5-9-26/h2,4-5,8-9,12-19,28,32-33,42H,3,6-7,10-11,20-25H2,1H3,(H,38,43)(H,39,45)/t32-,33-/m1/s1. The van der Waals surface area contributed by atoms with Gasteiger partial charge in [-0.05, 0) is 79.1 Å². The van der Waals surface area contributed by atoms with Crippen LogP contribution in [0.2, 0.25) is 0 Å². The monoisotopic (exact) mass is 624 g/mol. The maximum absolute atomic E-state index is 14.1. The van der Waals surface area contributed by atoms with Crippen molar-refractivity contribution in [1.29, 1.82) is 0 Å². The van der Waals surface area contributed by atoms with Crippen molar-refractivity contribution in [3.05, 3.63) is 95.6 Å². The van der Waals surface area contributed by atoms with Crippen LogP contribution in [0.15, 0.2) is 78.9 Å². The number of piperidine rings is 1. The van der Waals surface area contributed by atoms with Crippen LogP contribution in [0.1, 0.15) is 66.4 Å². The van der Waals surface area contributed by atoms with E-state index < -0.39 is 17.7 Å². The van der Waals surface area contributed by atoms with Crippen molar-refractivity contribution in [2.45, 2.75) is 75.7 Å². The van der Waals surface area contributed by atoms with Crippen molar-refractivity contribution in [1.82, 2.24) is 20.4 Å². The summed E-state index contributed by atoms with van der Waals surface area (Å²) < 4.78 is 5.97. The number of nitrogens with zero attached hydrogens (tertiary/aromatic N) is 2. The first kappa shape index (κ1) is 31.8. The predicted molar refractivity (Wildman–Crippen MR) is 175 cm³/mol. The number of nitrogens with one attached hydrogen (secondary N) is 2. The first-order valence-corrected chi connectivity index (χ1v) is 16.5. The summed E-state index contributed by atoms with van der Waals surface area (Å²) in [6.45, 7) is 2.39. The molecule has 9 heteroatoms. The third kappa shape index (κ3) is 6.81. The van der Waals surface area contributed by atoms with Crippen LogP contribution in [0, 0.1) is 5.92 Å². The second kappa shape index (κ2) is 14.1. The number of hydrogen-bond donors (Lipinski definition) is 3. The molecule has 1 spiro atoms. The SMILES string of the molecule is CNC(=O)c1ccc(Oc2ccc(CN3CCC4(CC3)C(=O)N[C@H]([C@H](O)C3CCCCC3)C(=O)N4Cc3ccccc3)cc2)cc1. The lowest BCUT2D eigenvalue weighted by Crippen LogP contribution is -2.74. The van der Waals surface area contributed by atoms with Gasteiger partial charge in [-0.15, -0.1) is 0 Å². The summed E-state index contributed by atoms with van der Waals surface area (Å²) in [5, 5.41) is 16.9. The van der Waals surface area contributed by atoms with E-state index in [1.807, 2.05) is 54.6 Å². The summed E-state index contributed by atoms with van der Waals surface area (Å²) in [4.78, 5) is 44.0. The number of likely N-dealkylation sites (tertiary alicyclic amines) is 1. The fourth-order valence-corrected chi connectivity index (χ4v) is 7.27. The van der Waals surface area contributed by atoms with E-state index in [4.69, 9.17) is 4.74 Å². The van der Waals surface area contributed by atoms with Crippen molar-refractivity contribution in [2.75, 3.05) is 20.1 Å². The highest BCUT2D eigenvalue weighted by atomic mass is 16.5. The summed E-state index contributed by atoms with van der Waals surface area (Å²) in [6.07, 6.45) is 5.21. The molecule has 2 atom stereocenters. The van der Waals surface area contributed by atoms with E-state index in [1.165, 1.54) is 0 Å². The Balaban J connectivity index is 1.11. The van der Waals surface area contributed by atoms with Gasteiger partial charge in [0.05, 0.1) is 6.10 Å². The molecule has 1 aliphatic carbocycles. The van der Waals surface area contributed by atoms with Crippen molar-refractivity contribution in [2.24, 2.45) is 5.92 Å². The van der Waals surface area contributed by atoms with E-state index in [0.29, 0.717) is 56.1 Å². The van der Waals surface area contributed by atoms with Crippen LogP contribution in [0.5, 0.6) is 11.5 Å². The number of amides is 3. The number of ether oxygens (including phenoxy) is 1. The van der Waals surface area contributed by atoms with Crippen LogP contribution in [-0.4, -0.2) is 70.4 Å². The van der Waals surface area contributed by atoms with Crippen LogP contribution >= 0.6 is 0 Å². The number of aliphatic hydroxyl groups excluding tert-OH is 1.